The molecule has 0 saturated carbocycles. The molecule has 164 valence electrons. The number of ether oxygens (including phenoxy) is 1. The van der Waals surface area contributed by atoms with Gasteiger partial charge in [0.25, 0.3) is 0 Å². The summed E-state index contributed by atoms with van der Waals surface area (Å²) in [5.74, 6) is 2.02. The highest BCUT2D eigenvalue weighted by molar-refractivity contribution is 14.0. The molecule has 1 atom stereocenters. The Morgan fingerprint density at radius 2 is 2.07 bits per heavy atom. The van der Waals surface area contributed by atoms with Crippen LogP contribution in [-0.2, 0) is 6.54 Å². The van der Waals surface area contributed by atoms with Crippen molar-refractivity contribution in [3.8, 4) is 5.75 Å². The Morgan fingerprint density at radius 3 is 2.80 bits per heavy atom. The summed E-state index contributed by atoms with van der Waals surface area (Å²) in [6.07, 6.45) is 1.13. The third kappa shape index (κ3) is 6.75. The standard InChI is InChI=1S/C23H31FN4O.HI/c1-4-25-23(26-14-18-9-8-17(2)22(24)12-18)27-15-19-10-11-28(16-19)20-6-5-7-21(13-20)29-3;/h5-9,12-13,19H,4,10-11,14-16H2,1-3H3,(H2,25,26,27);1H. The molecule has 1 aliphatic heterocycles. The lowest BCUT2D eigenvalue weighted by atomic mass is 10.1. The van der Waals surface area contributed by atoms with E-state index in [1.807, 2.05) is 25.1 Å². The smallest absolute Gasteiger partial charge is 0.191 e. The molecule has 1 unspecified atom stereocenters. The third-order valence-electron chi connectivity index (χ3n) is 5.26. The van der Waals surface area contributed by atoms with Crippen molar-refractivity contribution in [2.45, 2.75) is 26.8 Å². The zero-order valence-corrected chi connectivity index (χ0v) is 20.3. The first-order chi connectivity index (χ1) is 14.1. The zero-order chi connectivity index (χ0) is 20.6. The lowest BCUT2D eigenvalue weighted by Gasteiger charge is -2.20. The van der Waals surface area contributed by atoms with Crippen LogP contribution < -0.4 is 20.3 Å². The van der Waals surface area contributed by atoms with Crippen molar-refractivity contribution < 1.29 is 9.13 Å². The molecule has 0 amide bonds. The summed E-state index contributed by atoms with van der Waals surface area (Å²) < 4.78 is 19.1. The summed E-state index contributed by atoms with van der Waals surface area (Å²) in [5.41, 5.74) is 2.73. The molecule has 2 N–H and O–H groups in total. The largest absolute Gasteiger partial charge is 0.497 e. The van der Waals surface area contributed by atoms with E-state index in [2.05, 4.69) is 32.7 Å². The second-order valence-electron chi connectivity index (χ2n) is 7.46. The van der Waals surface area contributed by atoms with E-state index >= 15 is 0 Å². The van der Waals surface area contributed by atoms with Gasteiger partial charge in [-0.25, -0.2) is 9.38 Å². The van der Waals surface area contributed by atoms with Gasteiger partial charge in [-0.2, -0.15) is 0 Å². The number of rotatable bonds is 7. The van der Waals surface area contributed by atoms with Crippen molar-refractivity contribution >= 4 is 35.6 Å². The predicted molar refractivity (Wildman–Crippen MR) is 133 cm³/mol. The van der Waals surface area contributed by atoms with Crippen molar-refractivity contribution in [2.75, 3.05) is 38.2 Å². The number of anilines is 1. The zero-order valence-electron chi connectivity index (χ0n) is 18.0. The number of aryl methyl sites for hydroxylation is 1. The van der Waals surface area contributed by atoms with Crippen LogP contribution in [0.25, 0.3) is 0 Å². The van der Waals surface area contributed by atoms with Gasteiger partial charge in [0.15, 0.2) is 5.96 Å². The molecule has 2 aromatic rings. The molecule has 0 aliphatic carbocycles. The average molecular weight is 526 g/mol. The van der Waals surface area contributed by atoms with Crippen LogP contribution in [0.1, 0.15) is 24.5 Å². The maximum absolute atomic E-state index is 13.7. The van der Waals surface area contributed by atoms with E-state index < -0.39 is 0 Å². The Bertz CT molecular complexity index is 846. The van der Waals surface area contributed by atoms with Gasteiger partial charge < -0.3 is 20.3 Å². The molecule has 1 heterocycles. The fourth-order valence-electron chi connectivity index (χ4n) is 3.53. The Hall–Kier alpha value is -2.03. The highest BCUT2D eigenvalue weighted by Crippen LogP contribution is 2.26. The van der Waals surface area contributed by atoms with Crippen molar-refractivity contribution in [1.29, 1.82) is 0 Å². The van der Waals surface area contributed by atoms with Gasteiger partial charge in [0.05, 0.1) is 13.7 Å². The molecule has 1 fully saturated rings. The van der Waals surface area contributed by atoms with Gasteiger partial charge in [-0.1, -0.05) is 18.2 Å². The second kappa shape index (κ2) is 12.0. The fraction of sp³-hybridized carbons (Fsp3) is 0.435. The number of hydrogen-bond acceptors (Lipinski definition) is 3. The monoisotopic (exact) mass is 526 g/mol. The van der Waals surface area contributed by atoms with Crippen LogP contribution in [-0.4, -0.2) is 39.2 Å². The fourth-order valence-corrected chi connectivity index (χ4v) is 3.53. The average Bonchev–Trinajstić information content (AvgIpc) is 3.21. The molecule has 7 heteroatoms. The van der Waals surface area contributed by atoms with Crippen molar-refractivity contribution in [3.63, 3.8) is 0 Å². The summed E-state index contributed by atoms with van der Waals surface area (Å²) >= 11 is 0. The van der Waals surface area contributed by atoms with E-state index in [1.165, 1.54) is 5.69 Å². The van der Waals surface area contributed by atoms with E-state index in [-0.39, 0.29) is 29.8 Å². The Morgan fingerprint density at radius 1 is 1.23 bits per heavy atom. The molecular weight excluding hydrogens is 494 g/mol. The summed E-state index contributed by atoms with van der Waals surface area (Å²) in [4.78, 5) is 7.01. The van der Waals surface area contributed by atoms with Crippen LogP contribution in [0.2, 0.25) is 0 Å². The minimum Gasteiger partial charge on any atom is -0.497 e. The SMILES string of the molecule is CCNC(=NCc1ccc(C)c(F)c1)NCC1CCN(c2cccc(OC)c2)C1.I. The summed E-state index contributed by atoms with van der Waals surface area (Å²) in [6.45, 7) is 7.95. The van der Waals surface area contributed by atoms with E-state index in [1.54, 1.807) is 26.2 Å². The van der Waals surface area contributed by atoms with Crippen molar-refractivity contribution in [1.82, 2.24) is 10.6 Å². The molecule has 0 spiro atoms. The first-order valence-electron chi connectivity index (χ1n) is 10.2. The summed E-state index contributed by atoms with van der Waals surface area (Å²) in [6, 6.07) is 13.5. The Kier molecular flexibility index (Phi) is 9.68. The number of nitrogens with one attached hydrogen (secondary N) is 2. The summed E-state index contributed by atoms with van der Waals surface area (Å²) in [7, 11) is 1.70. The molecule has 0 bridgehead atoms. The van der Waals surface area contributed by atoms with Gasteiger partial charge in [-0.3, -0.25) is 0 Å². The minimum atomic E-state index is -0.181. The first kappa shape index (κ1) is 24.2. The predicted octanol–water partition coefficient (Wildman–Crippen LogP) is 4.34. The van der Waals surface area contributed by atoms with Crippen LogP contribution in [0.4, 0.5) is 10.1 Å². The number of guanidine groups is 1. The van der Waals surface area contributed by atoms with Crippen molar-refractivity contribution in [2.24, 2.45) is 10.9 Å². The lowest BCUT2D eigenvalue weighted by Crippen LogP contribution is -2.40. The van der Waals surface area contributed by atoms with E-state index in [4.69, 9.17) is 4.74 Å². The van der Waals surface area contributed by atoms with Crippen LogP contribution in [0.3, 0.4) is 0 Å². The Labute approximate surface area is 196 Å². The molecule has 0 aromatic heterocycles. The number of benzene rings is 2. The minimum absolute atomic E-state index is 0. The quantitative estimate of drug-likeness (QED) is 0.320. The lowest BCUT2D eigenvalue weighted by molar-refractivity contribution is 0.415. The third-order valence-corrected chi connectivity index (χ3v) is 5.26. The molecule has 0 radical (unpaired) electrons. The molecule has 3 rings (SSSR count). The van der Waals surface area contributed by atoms with Crippen LogP contribution in [0.5, 0.6) is 5.75 Å². The maximum Gasteiger partial charge on any atom is 0.191 e. The summed E-state index contributed by atoms with van der Waals surface area (Å²) in [5, 5.41) is 6.72. The Balaban J connectivity index is 0.00000320. The highest BCUT2D eigenvalue weighted by atomic mass is 127. The topological polar surface area (TPSA) is 48.9 Å². The first-order valence-corrected chi connectivity index (χ1v) is 10.2. The molecular formula is C23H32FIN4O. The van der Waals surface area contributed by atoms with Gasteiger partial charge in [-0.15, -0.1) is 24.0 Å². The van der Waals surface area contributed by atoms with Crippen molar-refractivity contribution in [3.05, 3.63) is 59.4 Å². The van der Waals surface area contributed by atoms with E-state index in [0.717, 1.165) is 49.9 Å². The normalized spacial score (nSPS) is 16.2. The number of aliphatic imine (C=N–C) groups is 1. The van der Waals surface area contributed by atoms with Gasteiger partial charge in [0, 0.05) is 37.9 Å². The van der Waals surface area contributed by atoms with Gasteiger partial charge >= 0.3 is 0 Å². The van der Waals surface area contributed by atoms with Gasteiger partial charge in [0.2, 0.25) is 0 Å². The number of hydrogen-bond donors (Lipinski definition) is 2. The number of methoxy groups -OCH3 is 1. The van der Waals surface area contributed by atoms with Crippen LogP contribution >= 0.6 is 24.0 Å². The maximum atomic E-state index is 13.7. The second-order valence-corrected chi connectivity index (χ2v) is 7.46. The number of halogens is 2. The van der Waals surface area contributed by atoms with Crippen LogP contribution in [0.15, 0.2) is 47.5 Å². The molecule has 1 saturated heterocycles. The molecule has 2 aromatic carbocycles. The van der Waals surface area contributed by atoms with Crippen LogP contribution in [0, 0.1) is 18.7 Å². The molecule has 30 heavy (non-hydrogen) atoms. The highest BCUT2D eigenvalue weighted by Gasteiger charge is 2.23. The van der Waals surface area contributed by atoms with Gasteiger partial charge in [-0.05, 0) is 55.5 Å². The van der Waals surface area contributed by atoms with E-state index in [0.29, 0.717) is 18.0 Å². The van der Waals surface area contributed by atoms with E-state index in [9.17, 15) is 4.39 Å². The molecule has 5 nitrogen and oxygen atoms in total. The van der Waals surface area contributed by atoms with Gasteiger partial charge in [0.1, 0.15) is 11.6 Å². The number of nitrogens with zero attached hydrogens (tertiary/aromatic N) is 2. The molecule has 1 aliphatic rings.